The second-order valence-corrected chi connectivity index (χ2v) is 3.87. The van der Waals surface area contributed by atoms with E-state index in [1.165, 1.54) is 0 Å². The van der Waals surface area contributed by atoms with Gasteiger partial charge in [0.25, 0.3) is 0 Å². The van der Waals surface area contributed by atoms with Crippen LogP contribution in [0.5, 0.6) is 5.88 Å². The quantitative estimate of drug-likeness (QED) is 0.747. The molecule has 1 fully saturated rings. The number of aryl methyl sites for hydroxylation is 1. The molecule has 1 aliphatic rings. The van der Waals surface area contributed by atoms with Gasteiger partial charge in [0.2, 0.25) is 11.8 Å². The molecule has 1 aromatic rings. The fraction of sp³-hybridized carbons (Fsp3) is 0.600. The largest absolute Gasteiger partial charge is 0.471 e. The van der Waals surface area contributed by atoms with Crippen LogP contribution in [0.25, 0.3) is 0 Å². The first-order chi connectivity index (χ1) is 7.16. The molecular formula is C10H15N3O2. The van der Waals surface area contributed by atoms with E-state index >= 15 is 0 Å². The maximum atomic E-state index is 9.61. The SMILES string of the molecule is Cc1cnc(N)nc1O[C@H]1CCC[C@H]1O. The Bertz CT molecular complexity index is 357. The first-order valence-electron chi connectivity index (χ1n) is 5.10. The minimum absolute atomic E-state index is 0.155. The zero-order chi connectivity index (χ0) is 10.8. The molecule has 2 rings (SSSR count). The smallest absolute Gasteiger partial charge is 0.223 e. The number of nitrogen functional groups attached to an aromatic ring is 1. The summed E-state index contributed by atoms with van der Waals surface area (Å²) < 4.78 is 5.62. The minimum Gasteiger partial charge on any atom is -0.471 e. The van der Waals surface area contributed by atoms with Gasteiger partial charge in [-0.1, -0.05) is 0 Å². The van der Waals surface area contributed by atoms with Crippen LogP contribution in [0, 0.1) is 6.92 Å². The van der Waals surface area contributed by atoms with E-state index in [0.717, 1.165) is 24.8 Å². The topological polar surface area (TPSA) is 81.3 Å². The number of rotatable bonds is 2. The Morgan fingerprint density at radius 2 is 2.33 bits per heavy atom. The maximum Gasteiger partial charge on any atom is 0.223 e. The van der Waals surface area contributed by atoms with Gasteiger partial charge in [0, 0.05) is 11.8 Å². The van der Waals surface area contributed by atoms with Crippen LogP contribution < -0.4 is 10.5 Å². The fourth-order valence-electron chi connectivity index (χ4n) is 1.75. The van der Waals surface area contributed by atoms with Crippen molar-refractivity contribution < 1.29 is 9.84 Å². The van der Waals surface area contributed by atoms with Gasteiger partial charge in [-0.25, -0.2) is 4.98 Å². The van der Waals surface area contributed by atoms with Gasteiger partial charge < -0.3 is 15.6 Å². The number of ether oxygens (including phenoxy) is 1. The molecule has 1 heterocycles. The van der Waals surface area contributed by atoms with Crippen molar-refractivity contribution in [3.05, 3.63) is 11.8 Å². The highest BCUT2D eigenvalue weighted by Crippen LogP contribution is 2.25. The lowest BCUT2D eigenvalue weighted by atomic mass is 10.2. The normalized spacial score (nSPS) is 25.5. The molecule has 1 saturated carbocycles. The average Bonchev–Trinajstić information content (AvgIpc) is 2.58. The molecule has 0 saturated heterocycles. The highest BCUT2D eigenvalue weighted by molar-refractivity contribution is 5.28. The van der Waals surface area contributed by atoms with Gasteiger partial charge in [-0.05, 0) is 26.2 Å². The molecule has 0 amide bonds. The van der Waals surface area contributed by atoms with Gasteiger partial charge in [0.05, 0.1) is 6.10 Å². The molecule has 0 unspecified atom stereocenters. The Morgan fingerprint density at radius 1 is 1.53 bits per heavy atom. The van der Waals surface area contributed by atoms with Crippen LogP contribution in [-0.2, 0) is 0 Å². The predicted molar refractivity (Wildman–Crippen MR) is 55.5 cm³/mol. The van der Waals surface area contributed by atoms with Gasteiger partial charge in [-0.3, -0.25) is 0 Å². The van der Waals surface area contributed by atoms with E-state index in [4.69, 9.17) is 10.5 Å². The van der Waals surface area contributed by atoms with Crippen molar-refractivity contribution in [2.24, 2.45) is 0 Å². The molecule has 3 N–H and O–H groups in total. The molecule has 1 aromatic heterocycles. The second-order valence-electron chi connectivity index (χ2n) is 3.87. The molecule has 15 heavy (non-hydrogen) atoms. The van der Waals surface area contributed by atoms with Crippen molar-refractivity contribution in [1.82, 2.24) is 9.97 Å². The van der Waals surface area contributed by atoms with Crippen LogP contribution >= 0.6 is 0 Å². The number of hydrogen-bond acceptors (Lipinski definition) is 5. The average molecular weight is 209 g/mol. The van der Waals surface area contributed by atoms with E-state index in [1.54, 1.807) is 6.20 Å². The first kappa shape index (κ1) is 10.2. The van der Waals surface area contributed by atoms with E-state index < -0.39 is 0 Å². The van der Waals surface area contributed by atoms with E-state index in [-0.39, 0.29) is 18.2 Å². The summed E-state index contributed by atoms with van der Waals surface area (Å²) in [6.07, 6.45) is 3.73. The summed E-state index contributed by atoms with van der Waals surface area (Å²) in [4.78, 5) is 7.86. The molecule has 1 aliphatic carbocycles. The number of nitrogens with zero attached hydrogens (tertiary/aromatic N) is 2. The van der Waals surface area contributed by atoms with Crippen molar-refractivity contribution in [3.8, 4) is 5.88 Å². The number of aromatic nitrogens is 2. The van der Waals surface area contributed by atoms with Crippen LogP contribution in [0.1, 0.15) is 24.8 Å². The summed E-state index contributed by atoms with van der Waals surface area (Å²) >= 11 is 0. The zero-order valence-corrected chi connectivity index (χ0v) is 8.68. The van der Waals surface area contributed by atoms with Crippen molar-refractivity contribution in [1.29, 1.82) is 0 Å². The lowest BCUT2D eigenvalue weighted by molar-refractivity contribution is 0.0569. The van der Waals surface area contributed by atoms with Gasteiger partial charge in [-0.2, -0.15) is 4.98 Å². The molecular weight excluding hydrogens is 194 g/mol. The van der Waals surface area contributed by atoms with Crippen LogP contribution in [0.2, 0.25) is 0 Å². The van der Waals surface area contributed by atoms with Crippen molar-refractivity contribution in [3.63, 3.8) is 0 Å². The summed E-state index contributed by atoms with van der Waals surface area (Å²) in [5.41, 5.74) is 6.31. The monoisotopic (exact) mass is 209 g/mol. The number of nitrogens with two attached hydrogens (primary N) is 1. The van der Waals surface area contributed by atoms with Crippen molar-refractivity contribution in [2.45, 2.75) is 38.4 Å². The predicted octanol–water partition coefficient (Wildman–Crippen LogP) is 0.659. The lowest BCUT2D eigenvalue weighted by Gasteiger charge is -2.17. The Hall–Kier alpha value is -1.36. The summed E-state index contributed by atoms with van der Waals surface area (Å²) in [6, 6.07) is 0. The molecule has 5 nitrogen and oxygen atoms in total. The standard InChI is InChI=1S/C10H15N3O2/c1-6-5-12-10(11)13-9(6)15-8-4-2-3-7(8)14/h5,7-8,14H,2-4H2,1H3,(H2,11,12,13)/t7-,8+/m1/s1. The van der Waals surface area contributed by atoms with E-state index in [2.05, 4.69) is 9.97 Å². The third-order valence-corrected chi connectivity index (χ3v) is 2.62. The molecule has 2 atom stereocenters. The first-order valence-corrected chi connectivity index (χ1v) is 5.10. The van der Waals surface area contributed by atoms with Gasteiger partial charge in [-0.15, -0.1) is 0 Å². The highest BCUT2D eigenvalue weighted by atomic mass is 16.5. The Kier molecular flexibility index (Phi) is 2.73. The molecule has 0 bridgehead atoms. The molecule has 5 heteroatoms. The molecule has 82 valence electrons. The molecule has 0 spiro atoms. The molecule has 0 radical (unpaired) electrons. The highest BCUT2D eigenvalue weighted by Gasteiger charge is 2.27. The van der Waals surface area contributed by atoms with Crippen LogP contribution in [0.15, 0.2) is 6.20 Å². The van der Waals surface area contributed by atoms with Crippen LogP contribution in [0.4, 0.5) is 5.95 Å². The summed E-state index contributed by atoms with van der Waals surface area (Å²) in [5.74, 6) is 0.677. The van der Waals surface area contributed by atoms with Crippen molar-refractivity contribution in [2.75, 3.05) is 5.73 Å². The van der Waals surface area contributed by atoms with Crippen LogP contribution in [-0.4, -0.2) is 27.3 Å². The summed E-state index contributed by atoms with van der Waals surface area (Å²) in [5, 5.41) is 9.61. The zero-order valence-electron chi connectivity index (χ0n) is 8.68. The number of hydrogen-bond donors (Lipinski definition) is 2. The van der Waals surface area contributed by atoms with Gasteiger partial charge >= 0.3 is 0 Å². The molecule has 0 aliphatic heterocycles. The summed E-state index contributed by atoms with van der Waals surface area (Å²) in [6.45, 7) is 1.86. The van der Waals surface area contributed by atoms with Gasteiger partial charge in [0.15, 0.2) is 0 Å². The van der Waals surface area contributed by atoms with Gasteiger partial charge in [0.1, 0.15) is 6.10 Å². The van der Waals surface area contributed by atoms with E-state index in [9.17, 15) is 5.11 Å². The lowest BCUT2D eigenvalue weighted by Crippen LogP contribution is -2.26. The number of aliphatic hydroxyl groups is 1. The third-order valence-electron chi connectivity index (χ3n) is 2.62. The Labute approximate surface area is 88.3 Å². The number of aliphatic hydroxyl groups excluding tert-OH is 1. The second kappa shape index (κ2) is 4.02. The minimum atomic E-state index is -0.388. The summed E-state index contributed by atoms with van der Waals surface area (Å²) in [7, 11) is 0. The van der Waals surface area contributed by atoms with Crippen molar-refractivity contribution >= 4 is 5.95 Å². The number of anilines is 1. The Balaban J connectivity index is 2.12. The van der Waals surface area contributed by atoms with Crippen LogP contribution in [0.3, 0.4) is 0 Å². The van der Waals surface area contributed by atoms with E-state index in [0.29, 0.717) is 5.88 Å². The fourth-order valence-corrected chi connectivity index (χ4v) is 1.75. The van der Waals surface area contributed by atoms with E-state index in [1.807, 2.05) is 6.92 Å². The molecule has 0 aromatic carbocycles. The maximum absolute atomic E-state index is 9.61. The Morgan fingerprint density at radius 3 is 3.00 bits per heavy atom. The third kappa shape index (κ3) is 2.18.